The molecule has 1 aliphatic rings. The van der Waals surface area contributed by atoms with Crippen LogP contribution in [0.2, 0.25) is 0 Å². The Kier molecular flexibility index (Phi) is 6.21. The van der Waals surface area contributed by atoms with Crippen LogP contribution in [0, 0.1) is 17.5 Å². The van der Waals surface area contributed by atoms with Gasteiger partial charge in [0.05, 0.1) is 11.7 Å². The van der Waals surface area contributed by atoms with Crippen molar-refractivity contribution < 1.29 is 17.9 Å². The standard InChI is InChI=1S/C21H22F3N3O2S/c1-29-6-2-5-27-11-26-20-18(21(27)28)14-4-3-13(9-17(14)30-20)25-10-12-7-15(22)19(24)16(23)8-12/h7-8,11,13,25H,2-6,9-10H2,1H3. The number of halogens is 3. The lowest BCUT2D eigenvalue weighted by Crippen LogP contribution is -2.34. The molecule has 0 amide bonds. The van der Waals surface area contributed by atoms with E-state index in [9.17, 15) is 18.0 Å². The molecule has 30 heavy (non-hydrogen) atoms. The van der Waals surface area contributed by atoms with E-state index in [0.29, 0.717) is 30.5 Å². The first-order valence-electron chi connectivity index (χ1n) is 9.83. The molecule has 4 rings (SSSR count). The number of hydrogen-bond acceptors (Lipinski definition) is 5. The number of nitrogens with zero attached hydrogens (tertiary/aromatic N) is 2. The second-order valence-corrected chi connectivity index (χ2v) is 8.55. The summed E-state index contributed by atoms with van der Waals surface area (Å²) in [5.41, 5.74) is 1.40. The van der Waals surface area contributed by atoms with Crippen LogP contribution in [0.5, 0.6) is 0 Å². The molecule has 3 aromatic rings. The summed E-state index contributed by atoms with van der Waals surface area (Å²) in [6.07, 6.45) is 4.58. The van der Waals surface area contributed by atoms with Gasteiger partial charge in [0, 0.05) is 37.7 Å². The van der Waals surface area contributed by atoms with E-state index in [2.05, 4.69) is 10.3 Å². The number of nitrogens with one attached hydrogen (secondary N) is 1. The zero-order valence-electron chi connectivity index (χ0n) is 16.5. The van der Waals surface area contributed by atoms with E-state index in [1.807, 2.05) is 0 Å². The summed E-state index contributed by atoms with van der Waals surface area (Å²) >= 11 is 1.52. The Hall–Kier alpha value is -2.23. The van der Waals surface area contributed by atoms with Crippen molar-refractivity contribution in [3.63, 3.8) is 0 Å². The molecule has 0 saturated heterocycles. The number of fused-ring (bicyclic) bond motifs is 3. The van der Waals surface area contributed by atoms with Crippen molar-refractivity contribution in [2.75, 3.05) is 13.7 Å². The van der Waals surface area contributed by atoms with Crippen LogP contribution in [0.3, 0.4) is 0 Å². The molecule has 1 atom stereocenters. The highest BCUT2D eigenvalue weighted by molar-refractivity contribution is 7.18. The first kappa shape index (κ1) is 21.0. The van der Waals surface area contributed by atoms with Crippen molar-refractivity contribution in [3.8, 4) is 0 Å². The van der Waals surface area contributed by atoms with Crippen molar-refractivity contribution >= 4 is 21.6 Å². The molecule has 0 fully saturated rings. The molecule has 1 aromatic carbocycles. The maximum absolute atomic E-state index is 13.4. The summed E-state index contributed by atoms with van der Waals surface area (Å²) in [5.74, 6) is -3.82. The second-order valence-electron chi connectivity index (χ2n) is 7.47. The van der Waals surface area contributed by atoms with Gasteiger partial charge in [-0.05, 0) is 48.9 Å². The molecule has 2 heterocycles. The Morgan fingerprint density at radius 2 is 2.07 bits per heavy atom. The summed E-state index contributed by atoms with van der Waals surface area (Å²) in [4.78, 5) is 19.2. The lowest BCUT2D eigenvalue weighted by atomic mass is 9.93. The maximum Gasteiger partial charge on any atom is 0.262 e. The van der Waals surface area contributed by atoms with E-state index in [0.717, 1.165) is 46.7 Å². The summed E-state index contributed by atoms with van der Waals surface area (Å²) < 4.78 is 46.6. The number of thiophene rings is 1. The van der Waals surface area contributed by atoms with Crippen molar-refractivity contribution in [1.82, 2.24) is 14.9 Å². The quantitative estimate of drug-likeness (QED) is 0.454. The predicted molar refractivity (Wildman–Crippen MR) is 109 cm³/mol. The third kappa shape index (κ3) is 4.14. The van der Waals surface area contributed by atoms with Gasteiger partial charge in [-0.25, -0.2) is 18.2 Å². The predicted octanol–water partition coefficient (Wildman–Crippen LogP) is 3.56. The molecule has 5 nitrogen and oxygen atoms in total. The molecule has 1 N–H and O–H groups in total. The fourth-order valence-corrected chi connectivity index (χ4v) is 5.14. The van der Waals surface area contributed by atoms with Crippen LogP contribution in [0.4, 0.5) is 13.2 Å². The van der Waals surface area contributed by atoms with Crippen molar-refractivity contribution in [1.29, 1.82) is 0 Å². The lowest BCUT2D eigenvalue weighted by molar-refractivity contribution is 0.190. The van der Waals surface area contributed by atoms with Gasteiger partial charge in [0.25, 0.3) is 5.56 Å². The van der Waals surface area contributed by atoms with Crippen LogP contribution in [-0.2, 0) is 30.7 Å². The van der Waals surface area contributed by atoms with E-state index < -0.39 is 17.5 Å². The van der Waals surface area contributed by atoms with Gasteiger partial charge in [0.2, 0.25) is 0 Å². The van der Waals surface area contributed by atoms with Crippen LogP contribution in [0.25, 0.3) is 10.2 Å². The molecule has 1 unspecified atom stereocenters. The third-order valence-electron chi connectivity index (χ3n) is 5.42. The molecule has 160 valence electrons. The van der Waals surface area contributed by atoms with E-state index >= 15 is 0 Å². The van der Waals surface area contributed by atoms with Gasteiger partial charge < -0.3 is 10.1 Å². The van der Waals surface area contributed by atoms with E-state index in [-0.39, 0.29) is 18.1 Å². The largest absolute Gasteiger partial charge is 0.385 e. The van der Waals surface area contributed by atoms with Gasteiger partial charge in [-0.3, -0.25) is 9.36 Å². The zero-order valence-corrected chi connectivity index (χ0v) is 17.3. The molecule has 2 aromatic heterocycles. The van der Waals surface area contributed by atoms with E-state index in [1.165, 1.54) is 11.3 Å². The highest BCUT2D eigenvalue weighted by Crippen LogP contribution is 2.33. The van der Waals surface area contributed by atoms with Gasteiger partial charge in [-0.2, -0.15) is 0 Å². The smallest absolute Gasteiger partial charge is 0.262 e. The molecule has 0 radical (unpaired) electrons. The lowest BCUT2D eigenvalue weighted by Gasteiger charge is -2.23. The highest BCUT2D eigenvalue weighted by atomic mass is 32.1. The van der Waals surface area contributed by atoms with Crippen LogP contribution < -0.4 is 10.9 Å². The van der Waals surface area contributed by atoms with Gasteiger partial charge in [0.1, 0.15) is 4.83 Å². The molecule has 0 saturated carbocycles. The average molecular weight is 437 g/mol. The Morgan fingerprint density at radius 3 is 2.80 bits per heavy atom. The van der Waals surface area contributed by atoms with E-state index in [4.69, 9.17) is 4.74 Å². The maximum atomic E-state index is 13.4. The van der Waals surface area contributed by atoms with Crippen molar-refractivity contribution in [2.45, 2.75) is 44.8 Å². The van der Waals surface area contributed by atoms with E-state index in [1.54, 1.807) is 18.0 Å². The van der Waals surface area contributed by atoms with Crippen LogP contribution in [0.15, 0.2) is 23.3 Å². The number of aromatic nitrogens is 2. The van der Waals surface area contributed by atoms with Crippen LogP contribution in [0.1, 0.15) is 28.8 Å². The number of benzene rings is 1. The molecular weight excluding hydrogens is 415 g/mol. The number of hydrogen-bond donors (Lipinski definition) is 1. The average Bonchev–Trinajstić information content (AvgIpc) is 3.10. The van der Waals surface area contributed by atoms with Gasteiger partial charge in [-0.1, -0.05) is 0 Å². The van der Waals surface area contributed by atoms with Crippen molar-refractivity contribution in [2.24, 2.45) is 0 Å². The summed E-state index contributed by atoms with van der Waals surface area (Å²) in [6, 6.07) is 2.12. The SMILES string of the molecule is COCCCn1cnc2sc3c(c2c1=O)CCC(NCc1cc(F)c(F)c(F)c1)C3. The second kappa shape index (κ2) is 8.87. The van der Waals surface area contributed by atoms with Crippen LogP contribution in [-0.4, -0.2) is 29.3 Å². The number of rotatable bonds is 7. The monoisotopic (exact) mass is 437 g/mol. The molecule has 0 aliphatic heterocycles. The Labute approximate surface area is 175 Å². The fraction of sp³-hybridized carbons (Fsp3) is 0.429. The zero-order chi connectivity index (χ0) is 21.3. The van der Waals surface area contributed by atoms with Gasteiger partial charge in [0.15, 0.2) is 17.5 Å². The van der Waals surface area contributed by atoms with Crippen LogP contribution >= 0.6 is 11.3 Å². The number of aryl methyl sites for hydroxylation is 2. The Bertz CT molecular complexity index is 1110. The number of methoxy groups -OCH3 is 1. The Balaban J connectivity index is 1.49. The fourth-order valence-electron chi connectivity index (χ4n) is 3.89. The molecule has 0 spiro atoms. The summed E-state index contributed by atoms with van der Waals surface area (Å²) in [7, 11) is 1.63. The first-order chi connectivity index (χ1) is 14.5. The van der Waals surface area contributed by atoms with Crippen molar-refractivity contribution in [3.05, 3.63) is 62.3 Å². The number of ether oxygens (including phenoxy) is 1. The minimum absolute atomic E-state index is 0.0164. The topological polar surface area (TPSA) is 56.2 Å². The molecular formula is C21H22F3N3O2S. The Morgan fingerprint density at radius 1 is 1.30 bits per heavy atom. The van der Waals surface area contributed by atoms with Gasteiger partial charge in [-0.15, -0.1) is 11.3 Å². The third-order valence-corrected chi connectivity index (χ3v) is 6.58. The summed E-state index contributed by atoms with van der Waals surface area (Å²) in [6.45, 7) is 1.39. The molecule has 9 heteroatoms. The minimum Gasteiger partial charge on any atom is -0.385 e. The molecule has 1 aliphatic carbocycles. The minimum atomic E-state index is -1.45. The van der Waals surface area contributed by atoms with Gasteiger partial charge >= 0.3 is 0 Å². The normalized spacial score (nSPS) is 16.2. The molecule has 0 bridgehead atoms. The summed E-state index contributed by atoms with van der Waals surface area (Å²) in [5, 5.41) is 4.00. The highest BCUT2D eigenvalue weighted by Gasteiger charge is 2.25. The first-order valence-corrected chi connectivity index (χ1v) is 10.6.